The van der Waals surface area contributed by atoms with E-state index in [0.29, 0.717) is 10.6 Å². The predicted molar refractivity (Wildman–Crippen MR) is 125 cm³/mol. The highest BCUT2D eigenvalue weighted by Gasteiger charge is 2.15. The number of carbonyl (C=O) groups is 1. The lowest BCUT2D eigenvalue weighted by Gasteiger charge is -2.09. The zero-order valence-electron chi connectivity index (χ0n) is 17.6. The van der Waals surface area contributed by atoms with Crippen molar-refractivity contribution >= 4 is 28.3 Å². The molecule has 10 heteroatoms. The molecule has 0 radical (unpaired) electrons. The van der Waals surface area contributed by atoms with Gasteiger partial charge in [0.2, 0.25) is 0 Å². The van der Waals surface area contributed by atoms with E-state index in [1.165, 1.54) is 34.2 Å². The molecule has 0 fully saturated rings. The summed E-state index contributed by atoms with van der Waals surface area (Å²) in [5.74, 6) is -2.50. The first-order chi connectivity index (χ1) is 16.5. The molecule has 5 aromatic rings. The Bertz CT molecular complexity index is 1570. The molecule has 5 rings (SSSR count). The third-order valence-corrected chi connectivity index (χ3v) is 6.30. The number of fused-ring (bicyclic) bond motifs is 1. The number of hydrogen-bond donors (Lipinski definition) is 2. The maximum atomic E-state index is 13.5. The molecule has 0 unspecified atom stereocenters. The molecule has 0 aliphatic rings. The fourth-order valence-electron chi connectivity index (χ4n) is 3.60. The summed E-state index contributed by atoms with van der Waals surface area (Å²) in [4.78, 5) is 38.2. The second kappa shape index (κ2) is 8.99. The van der Waals surface area contributed by atoms with Crippen LogP contribution in [0.5, 0.6) is 0 Å². The van der Waals surface area contributed by atoms with E-state index in [1.54, 1.807) is 18.5 Å². The van der Waals surface area contributed by atoms with Crippen LogP contribution >= 0.6 is 11.3 Å². The number of aromatic amines is 1. The minimum absolute atomic E-state index is 0.00642. The van der Waals surface area contributed by atoms with Crippen LogP contribution in [0.3, 0.4) is 0 Å². The van der Waals surface area contributed by atoms with Gasteiger partial charge in [-0.1, -0.05) is 6.07 Å². The van der Waals surface area contributed by atoms with Gasteiger partial charge in [-0.3, -0.25) is 9.59 Å². The average Bonchev–Trinajstić information content (AvgIpc) is 3.48. The van der Waals surface area contributed by atoms with Crippen LogP contribution < -0.4 is 10.9 Å². The predicted octanol–water partition coefficient (Wildman–Crippen LogP) is 4.10. The van der Waals surface area contributed by atoms with E-state index in [1.807, 2.05) is 18.3 Å². The minimum atomic E-state index is -0.994. The summed E-state index contributed by atoms with van der Waals surface area (Å²) >= 11 is 1.43. The van der Waals surface area contributed by atoms with Crippen molar-refractivity contribution in [3.05, 3.63) is 105 Å². The second-order valence-electron chi connectivity index (χ2n) is 7.51. The average molecular weight is 477 g/mol. The molecule has 0 atom stereocenters. The third-order valence-electron chi connectivity index (χ3n) is 5.27. The minimum Gasteiger partial charge on any atom is -0.345 e. The molecule has 0 aliphatic heterocycles. The Morgan fingerprint density at radius 3 is 2.85 bits per heavy atom. The number of hydrogen-bond acceptors (Lipinski definition) is 5. The van der Waals surface area contributed by atoms with Gasteiger partial charge in [0.1, 0.15) is 16.2 Å². The van der Waals surface area contributed by atoms with Gasteiger partial charge >= 0.3 is 0 Å². The molecule has 4 heterocycles. The Balaban J connectivity index is 1.29. The number of amides is 1. The molecule has 4 aromatic heterocycles. The van der Waals surface area contributed by atoms with Crippen LogP contribution in [0.4, 0.5) is 8.78 Å². The van der Waals surface area contributed by atoms with Gasteiger partial charge in [0.25, 0.3) is 11.5 Å². The monoisotopic (exact) mass is 477 g/mol. The Morgan fingerprint density at radius 1 is 1.12 bits per heavy atom. The number of thiazole rings is 1. The highest BCUT2D eigenvalue weighted by atomic mass is 32.1. The molecule has 2 N–H and O–H groups in total. The van der Waals surface area contributed by atoms with Crippen LogP contribution in [0, 0.1) is 11.6 Å². The van der Waals surface area contributed by atoms with Crippen LogP contribution in [0.2, 0.25) is 0 Å². The summed E-state index contributed by atoms with van der Waals surface area (Å²) < 4.78 is 27.9. The van der Waals surface area contributed by atoms with Gasteiger partial charge in [0.15, 0.2) is 11.6 Å². The van der Waals surface area contributed by atoms with E-state index in [9.17, 15) is 18.4 Å². The number of rotatable bonds is 6. The fraction of sp³-hybridized carbons (Fsp3) is 0.0833. The number of carbonyl (C=O) groups excluding carboxylic acids is 1. The molecule has 0 bridgehead atoms. The number of pyridine rings is 2. The summed E-state index contributed by atoms with van der Waals surface area (Å²) in [5, 5.41) is 4.38. The van der Waals surface area contributed by atoms with Crippen molar-refractivity contribution in [2.75, 3.05) is 0 Å². The van der Waals surface area contributed by atoms with Gasteiger partial charge in [0, 0.05) is 35.7 Å². The van der Waals surface area contributed by atoms with Crippen LogP contribution in [-0.4, -0.2) is 25.4 Å². The Morgan fingerprint density at radius 2 is 2.00 bits per heavy atom. The number of halogens is 2. The molecule has 170 valence electrons. The van der Waals surface area contributed by atoms with Gasteiger partial charge in [-0.25, -0.2) is 18.7 Å². The Hall–Kier alpha value is -4.18. The van der Waals surface area contributed by atoms with Gasteiger partial charge < -0.3 is 14.9 Å². The summed E-state index contributed by atoms with van der Waals surface area (Å²) in [6.45, 7) is 0.161. The SMILES string of the molecule is O=C(NCc1ncc(-c2c[nH]c3ncccc23)s1)c1cccn(Cc2ccc(F)c(F)c2)c1=O. The molecule has 0 saturated heterocycles. The summed E-state index contributed by atoms with van der Waals surface area (Å²) in [5.41, 5.74) is 1.58. The smallest absolute Gasteiger partial charge is 0.263 e. The standard InChI is InChI=1S/C24H17F2N5O2S/c25-18-6-5-14(9-19(18)26)13-31-8-2-4-16(24(31)33)23(32)30-12-21-28-11-20(34-21)17-10-29-22-15(17)3-1-7-27-22/h1-11H,12-13H2,(H,27,29)(H,30,32). The maximum Gasteiger partial charge on any atom is 0.263 e. The van der Waals surface area contributed by atoms with Crippen LogP contribution in [-0.2, 0) is 13.1 Å². The molecule has 0 saturated carbocycles. The van der Waals surface area contributed by atoms with Crippen molar-refractivity contribution in [3.8, 4) is 10.4 Å². The van der Waals surface area contributed by atoms with E-state index in [4.69, 9.17) is 0 Å². The van der Waals surface area contributed by atoms with Crippen molar-refractivity contribution < 1.29 is 13.6 Å². The number of H-pyrrole nitrogens is 1. The van der Waals surface area contributed by atoms with E-state index in [-0.39, 0.29) is 18.7 Å². The van der Waals surface area contributed by atoms with Crippen molar-refractivity contribution in [2.24, 2.45) is 0 Å². The van der Waals surface area contributed by atoms with Gasteiger partial charge in [-0.05, 0) is 42.0 Å². The lowest BCUT2D eigenvalue weighted by Crippen LogP contribution is -2.32. The molecule has 34 heavy (non-hydrogen) atoms. The molecule has 1 amide bonds. The van der Waals surface area contributed by atoms with Crippen LogP contribution in [0.1, 0.15) is 20.9 Å². The summed E-state index contributed by atoms with van der Waals surface area (Å²) in [7, 11) is 0. The third kappa shape index (κ3) is 4.23. The molecular formula is C24H17F2N5O2S. The second-order valence-corrected chi connectivity index (χ2v) is 8.62. The van der Waals surface area contributed by atoms with Crippen molar-refractivity contribution in [2.45, 2.75) is 13.1 Å². The van der Waals surface area contributed by atoms with Crippen molar-refractivity contribution in [1.82, 2.24) is 24.8 Å². The normalized spacial score (nSPS) is 11.1. The number of benzene rings is 1. The number of nitrogens with zero attached hydrogens (tertiary/aromatic N) is 3. The lowest BCUT2D eigenvalue weighted by molar-refractivity contribution is 0.0948. The van der Waals surface area contributed by atoms with Crippen molar-refractivity contribution in [1.29, 1.82) is 0 Å². The molecule has 0 spiro atoms. The number of nitrogens with one attached hydrogen (secondary N) is 2. The first-order valence-electron chi connectivity index (χ1n) is 10.3. The number of aromatic nitrogens is 4. The molecule has 0 aliphatic carbocycles. The van der Waals surface area contributed by atoms with Crippen LogP contribution in [0.15, 0.2) is 72.0 Å². The maximum absolute atomic E-state index is 13.5. The topological polar surface area (TPSA) is 92.7 Å². The highest BCUT2D eigenvalue weighted by Crippen LogP contribution is 2.31. The van der Waals surface area contributed by atoms with E-state index < -0.39 is 23.1 Å². The summed E-state index contributed by atoms with van der Waals surface area (Å²) in [6.07, 6.45) is 6.81. The first kappa shape index (κ1) is 21.7. The van der Waals surface area contributed by atoms with Crippen LogP contribution in [0.25, 0.3) is 21.5 Å². The fourth-order valence-corrected chi connectivity index (χ4v) is 4.48. The Labute approximate surface area is 195 Å². The van der Waals surface area contributed by atoms with Crippen molar-refractivity contribution in [3.63, 3.8) is 0 Å². The Kier molecular flexibility index (Phi) is 5.72. The molecule has 7 nitrogen and oxygen atoms in total. The quantitative estimate of drug-likeness (QED) is 0.385. The zero-order valence-corrected chi connectivity index (χ0v) is 18.4. The van der Waals surface area contributed by atoms with E-state index in [2.05, 4.69) is 20.3 Å². The zero-order chi connectivity index (χ0) is 23.7. The van der Waals surface area contributed by atoms with Gasteiger partial charge in [-0.15, -0.1) is 11.3 Å². The summed E-state index contributed by atoms with van der Waals surface area (Å²) in [6, 6.07) is 10.2. The largest absolute Gasteiger partial charge is 0.345 e. The molecule has 1 aromatic carbocycles. The van der Waals surface area contributed by atoms with E-state index in [0.717, 1.165) is 33.6 Å². The van der Waals surface area contributed by atoms with Gasteiger partial charge in [0.05, 0.1) is 18.0 Å². The highest BCUT2D eigenvalue weighted by molar-refractivity contribution is 7.15. The lowest BCUT2D eigenvalue weighted by atomic mass is 10.2. The molecular weight excluding hydrogens is 460 g/mol. The first-order valence-corrected chi connectivity index (χ1v) is 11.1. The van der Waals surface area contributed by atoms with Gasteiger partial charge in [-0.2, -0.15) is 0 Å². The van der Waals surface area contributed by atoms with E-state index >= 15 is 0 Å².